The summed E-state index contributed by atoms with van der Waals surface area (Å²) in [5.74, 6) is 1.14. The average Bonchev–Trinajstić information content (AvgIpc) is 2.48. The Morgan fingerprint density at radius 2 is 1.52 bits per heavy atom. The van der Waals surface area contributed by atoms with E-state index in [0.29, 0.717) is 24.7 Å². The van der Waals surface area contributed by atoms with E-state index in [4.69, 9.17) is 9.47 Å². The van der Waals surface area contributed by atoms with Crippen LogP contribution in [0.1, 0.15) is 52.4 Å². The van der Waals surface area contributed by atoms with Crippen LogP contribution < -0.4 is 9.47 Å². The van der Waals surface area contributed by atoms with Gasteiger partial charge in [0.15, 0.2) is 11.5 Å². The molecule has 0 fully saturated rings. The number of ether oxygens (including phenoxy) is 2. The first-order valence-electron chi connectivity index (χ1n) is 7.68. The van der Waals surface area contributed by atoms with Crippen LogP contribution in [0.3, 0.4) is 0 Å². The molecule has 0 aromatic heterocycles. The summed E-state index contributed by atoms with van der Waals surface area (Å²) in [7, 11) is 0. The first-order valence-corrected chi connectivity index (χ1v) is 8.75. The topological polar surface area (TPSA) is 58.6 Å². The molecule has 1 rings (SSSR count). The molecule has 0 bridgehead atoms. The lowest BCUT2D eigenvalue weighted by atomic mass is 10.2. The molecule has 5 heteroatoms. The van der Waals surface area contributed by atoms with Crippen LogP contribution in [0, 0.1) is 0 Å². The van der Waals surface area contributed by atoms with Crippen molar-refractivity contribution >= 4 is 11.1 Å². The molecular formula is C16H25O4S-. The predicted molar refractivity (Wildman–Crippen MR) is 83.7 cm³/mol. The van der Waals surface area contributed by atoms with Crippen LogP contribution in [0.5, 0.6) is 11.5 Å². The lowest BCUT2D eigenvalue weighted by Crippen LogP contribution is -2.03. The van der Waals surface area contributed by atoms with Gasteiger partial charge in [0.1, 0.15) is 0 Å². The second-order valence-electron chi connectivity index (χ2n) is 4.95. The van der Waals surface area contributed by atoms with Gasteiger partial charge < -0.3 is 14.0 Å². The molecule has 1 aromatic carbocycles. The molecule has 21 heavy (non-hydrogen) atoms. The molecule has 0 amide bonds. The maximum Gasteiger partial charge on any atom is 0.162 e. The highest BCUT2D eigenvalue weighted by Crippen LogP contribution is 2.30. The van der Waals surface area contributed by atoms with Crippen LogP contribution in [0.25, 0.3) is 0 Å². The van der Waals surface area contributed by atoms with Gasteiger partial charge in [-0.1, -0.05) is 39.5 Å². The normalized spacial score (nSPS) is 12.1. The molecule has 0 heterocycles. The van der Waals surface area contributed by atoms with Gasteiger partial charge in [0, 0.05) is 4.90 Å². The third-order valence-corrected chi connectivity index (χ3v) is 3.76. The molecule has 1 atom stereocenters. The van der Waals surface area contributed by atoms with Gasteiger partial charge in [-0.05, 0) is 42.1 Å². The molecule has 0 spiro atoms. The number of rotatable bonds is 11. The van der Waals surface area contributed by atoms with Gasteiger partial charge in [-0.15, -0.1) is 0 Å². The highest BCUT2D eigenvalue weighted by molar-refractivity contribution is 7.79. The van der Waals surface area contributed by atoms with Crippen molar-refractivity contribution in [3.63, 3.8) is 0 Å². The van der Waals surface area contributed by atoms with Crippen LogP contribution in [-0.2, 0) is 11.1 Å². The zero-order valence-electron chi connectivity index (χ0n) is 12.9. The fourth-order valence-corrected chi connectivity index (χ4v) is 2.27. The summed E-state index contributed by atoms with van der Waals surface area (Å²) in [5.41, 5.74) is 0. The van der Waals surface area contributed by atoms with Gasteiger partial charge in [-0.25, -0.2) is 0 Å². The minimum atomic E-state index is -2.25. The van der Waals surface area contributed by atoms with E-state index in [0.717, 1.165) is 38.5 Å². The van der Waals surface area contributed by atoms with Gasteiger partial charge in [0.2, 0.25) is 0 Å². The van der Waals surface area contributed by atoms with Gasteiger partial charge in [0.05, 0.1) is 13.2 Å². The SMILES string of the molecule is CCCCCOc1ccc(S(=O)[O-])cc1OCCCCC. The van der Waals surface area contributed by atoms with E-state index in [1.54, 1.807) is 6.07 Å². The largest absolute Gasteiger partial charge is 0.768 e. The molecule has 1 aromatic rings. The zero-order valence-corrected chi connectivity index (χ0v) is 13.7. The molecule has 120 valence electrons. The fourth-order valence-electron chi connectivity index (χ4n) is 1.89. The van der Waals surface area contributed by atoms with Crippen molar-refractivity contribution in [2.24, 2.45) is 0 Å². The van der Waals surface area contributed by atoms with Gasteiger partial charge >= 0.3 is 0 Å². The number of hydrogen-bond donors (Lipinski definition) is 0. The Kier molecular flexibility index (Phi) is 9.10. The highest BCUT2D eigenvalue weighted by atomic mass is 32.2. The summed E-state index contributed by atoms with van der Waals surface area (Å²) in [6, 6.07) is 4.74. The highest BCUT2D eigenvalue weighted by Gasteiger charge is 2.07. The second kappa shape index (κ2) is 10.6. The van der Waals surface area contributed by atoms with Crippen LogP contribution >= 0.6 is 0 Å². The predicted octanol–water partition coefficient (Wildman–Crippen LogP) is 4.06. The van der Waals surface area contributed by atoms with Crippen molar-refractivity contribution in [1.82, 2.24) is 0 Å². The maximum absolute atomic E-state index is 11.0. The van der Waals surface area contributed by atoms with E-state index in [9.17, 15) is 8.76 Å². The molecule has 0 saturated heterocycles. The summed E-state index contributed by atoms with van der Waals surface area (Å²) < 4.78 is 33.5. The van der Waals surface area contributed by atoms with Crippen LogP contribution in [0.15, 0.2) is 23.1 Å². The summed E-state index contributed by atoms with van der Waals surface area (Å²) >= 11 is -2.25. The molecule has 0 aliphatic rings. The van der Waals surface area contributed by atoms with Crippen molar-refractivity contribution in [3.05, 3.63) is 18.2 Å². The third kappa shape index (κ3) is 6.96. The second-order valence-corrected chi connectivity index (χ2v) is 5.90. The summed E-state index contributed by atoms with van der Waals surface area (Å²) in [5, 5.41) is 0. The van der Waals surface area contributed by atoms with Gasteiger partial charge in [0.25, 0.3) is 0 Å². The van der Waals surface area contributed by atoms with Crippen molar-refractivity contribution in [2.75, 3.05) is 13.2 Å². The van der Waals surface area contributed by atoms with E-state index in [1.807, 2.05) is 0 Å². The zero-order chi connectivity index (χ0) is 15.5. The molecule has 4 nitrogen and oxygen atoms in total. The van der Waals surface area contributed by atoms with E-state index in [-0.39, 0.29) is 4.90 Å². The maximum atomic E-state index is 11.0. The summed E-state index contributed by atoms with van der Waals surface area (Å²) in [6.45, 7) is 5.47. The fraction of sp³-hybridized carbons (Fsp3) is 0.625. The molecule has 0 radical (unpaired) electrons. The number of benzene rings is 1. The Morgan fingerprint density at radius 1 is 0.952 bits per heavy atom. The van der Waals surface area contributed by atoms with Crippen LogP contribution in [0.4, 0.5) is 0 Å². The number of unbranched alkanes of at least 4 members (excludes halogenated alkanes) is 4. The molecule has 0 aliphatic carbocycles. The molecule has 1 unspecified atom stereocenters. The molecule has 0 N–H and O–H groups in total. The van der Waals surface area contributed by atoms with E-state index in [1.165, 1.54) is 12.1 Å². The summed E-state index contributed by atoms with van der Waals surface area (Å²) in [6.07, 6.45) is 6.42. The monoisotopic (exact) mass is 313 g/mol. The first kappa shape index (κ1) is 18.0. The third-order valence-electron chi connectivity index (χ3n) is 3.12. The number of hydrogen-bond acceptors (Lipinski definition) is 4. The van der Waals surface area contributed by atoms with E-state index >= 15 is 0 Å². The van der Waals surface area contributed by atoms with Crippen LogP contribution in [0.2, 0.25) is 0 Å². The Balaban J connectivity index is 2.67. The lowest BCUT2D eigenvalue weighted by Gasteiger charge is -2.15. The minimum Gasteiger partial charge on any atom is -0.768 e. The summed E-state index contributed by atoms with van der Waals surface area (Å²) in [4.78, 5) is 0.224. The van der Waals surface area contributed by atoms with Crippen LogP contribution in [-0.4, -0.2) is 22.0 Å². The molecular weight excluding hydrogens is 288 g/mol. The smallest absolute Gasteiger partial charge is 0.162 e. The van der Waals surface area contributed by atoms with Crippen molar-refractivity contribution < 1.29 is 18.2 Å². The van der Waals surface area contributed by atoms with Crippen molar-refractivity contribution in [2.45, 2.75) is 57.3 Å². The Bertz CT molecular complexity index is 434. The first-order chi connectivity index (χ1) is 10.2. The lowest BCUT2D eigenvalue weighted by molar-refractivity contribution is 0.259. The Morgan fingerprint density at radius 3 is 2.05 bits per heavy atom. The van der Waals surface area contributed by atoms with Gasteiger partial charge in [-0.2, -0.15) is 0 Å². The molecule has 0 aliphatic heterocycles. The molecule has 0 saturated carbocycles. The minimum absolute atomic E-state index is 0.224. The van der Waals surface area contributed by atoms with Crippen molar-refractivity contribution in [3.8, 4) is 11.5 Å². The Hall–Kier alpha value is -1.07. The van der Waals surface area contributed by atoms with E-state index in [2.05, 4.69) is 13.8 Å². The average molecular weight is 313 g/mol. The quantitative estimate of drug-likeness (QED) is 0.456. The van der Waals surface area contributed by atoms with Crippen molar-refractivity contribution in [1.29, 1.82) is 0 Å². The van der Waals surface area contributed by atoms with E-state index < -0.39 is 11.1 Å². The van der Waals surface area contributed by atoms with Gasteiger partial charge in [-0.3, -0.25) is 4.21 Å². The standard InChI is InChI=1S/C16H26O4S/c1-3-5-7-11-19-15-10-9-14(21(17)18)13-16(15)20-12-8-6-4-2/h9-10,13H,3-8,11-12H2,1-2H3,(H,17,18)/p-1. The Labute approximate surface area is 130 Å².